The fraction of sp³-hybridized carbons (Fsp3) is 0.111. The molecule has 0 saturated heterocycles. The largest absolute Gasteiger partial charge is 0.546 e. The minimum absolute atomic E-state index is 0.0672. The van der Waals surface area contributed by atoms with Gasteiger partial charge in [0.1, 0.15) is 12.4 Å². The number of hydrogen-bond acceptors (Lipinski definition) is 5. The first-order valence-corrected chi connectivity index (χ1v) is 4.63. The number of aliphatic carboxylic acids is 1. The first-order valence-electron chi connectivity index (χ1n) is 3.84. The minimum atomic E-state index is -1.44. The Morgan fingerprint density at radius 1 is 1.33 bits per heavy atom. The fourth-order valence-corrected chi connectivity index (χ4v) is 1.29. The second-order valence-electron chi connectivity index (χ2n) is 2.59. The van der Waals surface area contributed by atoms with E-state index in [0.717, 1.165) is 0 Å². The number of carboxylic acids is 2. The molecule has 0 radical (unpaired) electrons. The summed E-state index contributed by atoms with van der Waals surface area (Å²) in [7, 11) is 0. The summed E-state index contributed by atoms with van der Waals surface area (Å²) < 4.78 is 5.24. The van der Waals surface area contributed by atoms with E-state index in [1.54, 1.807) is 0 Å². The lowest BCUT2D eigenvalue weighted by molar-refractivity contribution is -0.307. The lowest BCUT2D eigenvalue weighted by Gasteiger charge is -2.12. The molecule has 1 aromatic rings. The van der Waals surface area contributed by atoms with Gasteiger partial charge in [-0.1, -0.05) is 15.9 Å². The third-order valence-electron chi connectivity index (χ3n) is 1.51. The molecule has 80 valence electrons. The number of aromatic carboxylic acids is 1. The maximum Gasteiger partial charge on any atom is 0.128 e. The van der Waals surface area contributed by atoms with E-state index >= 15 is 0 Å². The van der Waals surface area contributed by atoms with Gasteiger partial charge in [0.05, 0.1) is 11.9 Å². The third-order valence-corrected chi connectivity index (χ3v) is 2.00. The van der Waals surface area contributed by atoms with Gasteiger partial charge in [0.2, 0.25) is 0 Å². The molecule has 0 fully saturated rings. The van der Waals surface area contributed by atoms with Gasteiger partial charge in [0, 0.05) is 10.0 Å². The predicted molar refractivity (Wildman–Crippen MR) is 49.0 cm³/mol. The van der Waals surface area contributed by atoms with E-state index in [1.807, 2.05) is 0 Å². The van der Waals surface area contributed by atoms with Crippen LogP contribution in [0.25, 0.3) is 0 Å². The Hall–Kier alpha value is -1.56. The summed E-state index contributed by atoms with van der Waals surface area (Å²) in [6.07, 6.45) is 0. The normalized spacial score (nSPS) is 9.67. The SMILES string of the molecule is O=C([O-])COc1ccc(Br)cc1C(=O)[O-]. The Morgan fingerprint density at radius 2 is 2.00 bits per heavy atom. The number of benzene rings is 1. The Morgan fingerprint density at radius 3 is 2.53 bits per heavy atom. The van der Waals surface area contributed by atoms with Crippen LogP contribution in [0.2, 0.25) is 0 Å². The molecule has 0 aliphatic heterocycles. The molecule has 0 heterocycles. The van der Waals surface area contributed by atoms with Crippen LogP contribution in [0.1, 0.15) is 10.4 Å². The Kier molecular flexibility index (Phi) is 3.68. The minimum Gasteiger partial charge on any atom is -0.546 e. The van der Waals surface area contributed by atoms with Crippen molar-refractivity contribution in [1.82, 2.24) is 0 Å². The highest BCUT2D eigenvalue weighted by molar-refractivity contribution is 9.10. The average Bonchev–Trinajstić information content (AvgIpc) is 2.15. The number of rotatable bonds is 4. The quantitative estimate of drug-likeness (QED) is 0.697. The van der Waals surface area contributed by atoms with Crippen LogP contribution in [0.15, 0.2) is 22.7 Å². The van der Waals surface area contributed by atoms with E-state index in [0.29, 0.717) is 4.47 Å². The smallest absolute Gasteiger partial charge is 0.128 e. The monoisotopic (exact) mass is 272 g/mol. The Labute approximate surface area is 93.4 Å². The van der Waals surface area contributed by atoms with Gasteiger partial charge in [0.15, 0.2) is 0 Å². The van der Waals surface area contributed by atoms with Crippen LogP contribution in [-0.4, -0.2) is 18.5 Å². The zero-order chi connectivity index (χ0) is 11.4. The van der Waals surface area contributed by atoms with Crippen molar-refractivity contribution in [3.8, 4) is 5.75 Å². The third kappa shape index (κ3) is 3.25. The van der Waals surface area contributed by atoms with Gasteiger partial charge in [-0.25, -0.2) is 0 Å². The topological polar surface area (TPSA) is 89.5 Å². The van der Waals surface area contributed by atoms with E-state index in [4.69, 9.17) is 4.74 Å². The van der Waals surface area contributed by atoms with Crippen molar-refractivity contribution in [3.05, 3.63) is 28.2 Å². The van der Waals surface area contributed by atoms with E-state index in [1.165, 1.54) is 18.2 Å². The number of carbonyl (C=O) groups excluding carboxylic acids is 2. The van der Waals surface area contributed by atoms with Crippen LogP contribution in [0.5, 0.6) is 5.75 Å². The fourth-order valence-electron chi connectivity index (χ4n) is 0.924. The molecular formula is C9H5BrO5-2. The van der Waals surface area contributed by atoms with Crippen molar-refractivity contribution in [3.63, 3.8) is 0 Å². The van der Waals surface area contributed by atoms with Crippen LogP contribution in [0, 0.1) is 0 Å². The van der Waals surface area contributed by atoms with Gasteiger partial charge in [-0.2, -0.15) is 0 Å². The van der Waals surface area contributed by atoms with Gasteiger partial charge >= 0.3 is 0 Å². The standard InChI is InChI=1S/C9H7BrO5/c10-5-1-2-7(15-4-8(11)12)6(3-5)9(13)14/h1-3H,4H2,(H,11,12)(H,13,14)/p-2. The highest BCUT2D eigenvalue weighted by atomic mass is 79.9. The van der Waals surface area contributed by atoms with Crippen LogP contribution < -0.4 is 14.9 Å². The molecule has 0 saturated carbocycles. The van der Waals surface area contributed by atoms with Gasteiger partial charge in [-0.05, 0) is 18.2 Å². The molecule has 0 N–H and O–H groups in total. The average molecular weight is 273 g/mol. The second kappa shape index (κ2) is 4.79. The summed E-state index contributed by atoms with van der Waals surface area (Å²) in [5.41, 5.74) is -0.217. The first kappa shape index (κ1) is 11.5. The number of carbonyl (C=O) groups is 2. The molecule has 1 rings (SSSR count). The van der Waals surface area contributed by atoms with Crippen molar-refractivity contribution in [2.45, 2.75) is 0 Å². The number of carboxylic acid groups (broad SMARTS) is 2. The van der Waals surface area contributed by atoms with Crippen molar-refractivity contribution < 1.29 is 24.5 Å². The highest BCUT2D eigenvalue weighted by Gasteiger charge is 2.05. The van der Waals surface area contributed by atoms with Gasteiger partial charge in [0.25, 0.3) is 0 Å². The highest BCUT2D eigenvalue weighted by Crippen LogP contribution is 2.22. The molecule has 0 bridgehead atoms. The van der Waals surface area contributed by atoms with Crippen LogP contribution in [-0.2, 0) is 4.79 Å². The second-order valence-corrected chi connectivity index (χ2v) is 3.50. The summed E-state index contributed by atoms with van der Waals surface area (Å²) in [6, 6.07) is 4.12. The van der Waals surface area contributed by atoms with Gasteiger partial charge < -0.3 is 24.5 Å². The zero-order valence-corrected chi connectivity index (χ0v) is 8.94. The number of hydrogen-bond donors (Lipinski definition) is 0. The Balaban J connectivity index is 2.95. The lowest BCUT2D eigenvalue weighted by Crippen LogP contribution is -2.30. The van der Waals surface area contributed by atoms with Crippen molar-refractivity contribution in [2.24, 2.45) is 0 Å². The summed E-state index contributed by atoms with van der Waals surface area (Å²) in [5.74, 6) is -2.94. The van der Waals surface area contributed by atoms with Crippen LogP contribution >= 0.6 is 15.9 Å². The summed E-state index contributed by atoms with van der Waals surface area (Å²) >= 11 is 3.07. The number of halogens is 1. The molecular weight excluding hydrogens is 268 g/mol. The molecule has 0 atom stereocenters. The summed E-state index contributed by atoms with van der Waals surface area (Å²) in [4.78, 5) is 20.8. The molecule has 0 aliphatic rings. The van der Waals surface area contributed by atoms with Gasteiger partial charge in [-0.15, -0.1) is 0 Å². The lowest BCUT2D eigenvalue weighted by atomic mass is 10.2. The zero-order valence-electron chi connectivity index (χ0n) is 7.36. The molecule has 0 unspecified atom stereocenters. The summed E-state index contributed by atoms with van der Waals surface area (Å²) in [6.45, 7) is -0.706. The first-order chi connectivity index (χ1) is 7.00. The van der Waals surface area contributed by atoms with Crippen LogP contribution in [0.3, 0.4) is 0 Å². The molecule has 5 nitrogen and oxygen atoms in total. The maximum atomic E-state index is 10.6. The number of ether oxygens (including phenoxy) is 1. The molecule has 0 amide bonds. The molecule has 6 heteroatoms. The molecule has 15 heavy (non-hydrogen) atoms. The van der Waals surface area contributed by atoms with E-state index in [2.05, 4.69) is 15.9 Å². The van der Waals surface area contributed by atoms with E-state index in [-0.39, 0.29) is 11.3 Å². The molecule has 0 aromatic heterocycles. The molecule has 0 aliphatic carbocycles. The van der Waals surface area contributed by atoms with Gasteiger partial charge in [-0.3, -0.25) is 0 Å². The van der Waals surface area contributed by atoms with E-state index < -0.39 is 18.5 Å². The van der Waals surface area contributed by atoms with Crippen molar-refractivity contribution in [1.29, 1.82) is 0 Å². The Bertz CT molecular complexity index is 401. The van der Waals surface area contributed by atoms with Crippen molar-refractivity contribution >= 4 is 27.9 Å². The van der Waals surface area contributed by atoms with Crippen LogP contribution in [0.4, 0.5) is 0 Å². The maximum absolute atomic E-state index is 10.6. The van der Waals surface area contributed by atoms with E-state index in [9.17, 15) is 19.8 Å². The molecule has 1 aromatic carbocycles. The van der Waals surface area contributed by atoms with Crippen molar-refractivity contribution in [2.75, 3.05) is 6.61 Å². The summed E-state index contributed by atoms with van der Waals surface area (Å²) in [5, 5.41) is 20.8. The molecule has 0 spiro atoms. The predicted octanol–water partition coefficient (Wildman–Crippen LogP) is -1.06.